The number of nitro groups is 1. The average Bonchev–Trinajstić information content (AvgIpc) is 2.95. The second-order valence-electron chi connectivity index (χ2n) is 5.16. The van der Waals surface area contributed by atoms with E-state index in [1.807, 2.05) is 0 Å². The molecule has 2 N–H and O–H groups in total. The van der Waals surface area contributed by atoms with E-state index in [0.29, 0.717) is 25.0 Å². The Kier molecular flexibility index (Phi) is 4.59. The van der Waals surface area contributed by atoms with Crippen molar-refractivity contribution >= 4 is 17.6 Å². The minimum Gasteiger partial charge on any atom is -0.497 e. The van der Waals surface area contributed by atoms with Crippen LogP contribution in [-0.2, 0) is 4.79 Å². The Morgan fingerprint density at radius 2 is 2.14 bits per heavy atom. The van der Waals surface area contributed by atoms with Crippen LogP contribution in [0, 0.1) is 16.0 Å². The van der Waals surface area contributed by atoms with Gasteiger partial charge in [0.25, 0.3) is 11.6 Å². The number of carboxylic acids is 1. The van der Waals surface area contributed by atoms with Crippen LogP contribution in [0.3, 0.4) is 0 Å². The SMILES string of the molecule is COc1ccc([N+](=O)[O-])c(C(=O)N[C@H]2CC[C@@H](C(=O)O)C2)c1. The van der Waals surface area contributed by atoms with Crippen molar-refractivity contribution in [3.63, 3.8) is 0 Å². The van der Waals surface area contributed by atoms with Gasteiger partial charge in [0, 0.05) is 12.1 Å². The molecule has 8 heteroatoms. The number of hydrogen-bond donors (Lipinski definition) is 2. The van der Waals surface area contributed by atoms with E-state index in [1.165, 1.54) is 25.3 Å². The third-order valence-electron chi connectivity index (χ3n) is 3.76. The number of ether oxygens (including phenoxy) is 1. The van der Waals surface area contributed by atoms with Crippen LogP contribution in [0.4, 0.5) is 5.69 Å². The molecule has 2 rings (SSSR count). The number of hydrogen-bond acceptors (Lipinski definition) is 5. The lowest BCUT2D eigenvalue weighted by Crippen LogP contribution is -2.33. The Labute approximate surface area is 126 Å². The van der Waals surface area contributed by atoms with E-state index in [4.69, 9.17) is 9.84 Å². The molecule has 1 aliphatic rings. The molecule has 1 aromatic rings. The molecule has 1 aromatic carbocycles. The van der Waals surface area contributed by atoms with E-state index in [-0.39, 0.29) is 17.3 Å². The summed E-state index contributed by atoms with van der Waals surface area (Å²) in [6.07, 6.45) is 1.36. The number of carboxylic acid groups (broad SMARTS) is 1. The molecule has 2 atom stereocenters. The van der Waals surface area contributed by atoms with Crippen molar-refractivity contribution in [3.05, 3.63) is 33.9 Å². The van der Waals surface area contributed by atoms with Crippen LogP contribution < -0.4 is 10.1 Å². The van der Waals surface area contributed by atoms with Crippen LogP contribution in [0.5, 0.6) is 5.75 Å². The van der Waals surface area contributed by atoms with E-state index in [9.17, 15) is 19.7 Å². The third kappa shape index (κ3) is 3.33. The van der Waals surface area contributed by atoms with E-state index in [0.717, 1.165) is 0 Å². The molecule has 0 radical (unpaired) electrons. The summed E-state index contributed by atoms with van der Waals surface area (Å²) in [7, 11) is 1.40. The Bertz CT molecular complexity index is 615. The monoisotopic (exact) mass is 308 g/mol. The average molecular weight is 308 g/mol. The summed E-state index contributed by atoms with van der Waals surface area (Å²) in [6, 6.07) is 3.63. The molecule has 1 saturated carbocycles. The van der Waals surface area contributed by atoms with Crippen LogP contribution in [0.1, 0.15) is 29.6 Å². The maximum Gasteiger partial charge on any atom is 0.306 e. The largest absolute Gasteiger partial charge is 0.497 e. The highest BCUT2D eigenvalue weighted by molar-refractivity contribution is 5.98. The first-order chi connectivity index (χ1) is 10.4. The van der Waals surface area contributed by atoms with Gasteiger partial charge in [0.1, 0.15) is 11.3 Å². The van der Waals surface area contributed by atoms with Gasteiger partial charge in [-0.25, -0.2) is 0 Å². The lowest BCUT2D eigenvalue weighted by Gasteiger charge is -2.13. The van der Waals surface area contributed by atoms with E-state index >= 15 is 0 Å². The maximum atomic E-state index is 12.3. The number of nitrogens with zero attached hydrogens (tertiary/aromatic N) is 1. The summed E-state index contributed by atoms with van der Waals surface area (Å²) in [5, 5.41) is 22.6. The number of carbonyl (C=O) groups is 2. The van der Waals surface area contributed by atoms with Gasteiger partial charge in [-0.05, 0) is 31.4 Å². The van der Waals surface area contributed by atoms with Gasteiger partial charge in [-0.3, -0.25) is 19.7 Å². The number of carbonyl (C=O) groups excluding carboxylic acids is 1. The van der Waals surface area contributed by atoms with Crippen molar-refractivity contribution in [2.75, 3.05) is 7.11 Å². The highest BCUT2D eigenvalue weighted by atomic mass is 16.6. The number of methoxy groups -OCH3 is 1. The summed E-state index contributed by atoms with van der Waals surface area (Å²) < 4.78 is 4.98. The van der Waals surface area contributed by atoms with Gasteiger partial charge in [0.05, 0.1) is 18.0 Å². The Hall–Kier alpha value is -2.64. The Morgan fingerprint density at radius 1 is 1.41 bits per heavy atom. The quantitative estimate of drug-likeness (QED) is 0.629. The molecule has 1 fully saturated rings. The fourth-order valence-electron chi connectivity index (χ4n) is 2.58. The van der Waals surface area contributed by atoms with Gasteiger partial charge in [-0.2, -0.15) is 0 Å². The minimum absolute atomic E-state index is 0.0943. The van der Waals surface area contributed by atoms with Crippen LogP contribution in [0.2, 0.25) is 0 Å². The lowest BCUT2D eigenvalue weighted by molar-refractivity contribution is -0.385. The van der Waals surface area contributed by atoms with Crippen LogP contribution in [0.15, 0.2) is 18.2 Å². The molecule has 22 heavy (non-hydrogen) atoms. The first-order valence-electron chi connectivity index (χ1n) is 6.78. The molecule has 0 heterocycles. The fraction of sp³-hybridized carbons (Fsp3) is 0.429. The maximum absolute atomic E-state index is 12.3. The summed E-state index contributed by atoms with van der Waals surface area (Å²) in [5.74, 6) is -1.62. The topological polar surface area (TPSA) is 119 Å². The van der Waals surface area contributed by atoms with Gasteiger partial charge in [0.15, 0.2) is 0 Å². The van der Waals surface area contributed by atoms with Crippen molar-refractivity contribution in [1.82, 2.24) is 5.32 Å². The molecule has 1 aliphatic carbocycles. The zero-order valence-corrected chi connectivity index (χ0v) is 11.9. The highest BCUT2D eigenvalue weighted by Gasteiger charge is 2.32. The fourth-order valence-corrected chi connectivity index (χ4v) is 2.58. The minimum atomic E-state index is -0.885. The zero-order chi connectivity index (χ0) is 16.3. The van der Waals surface area contributed by atoms with Gasteiger partial charge in [-0.1, -0.05) is 0 Å². The molecule has 0 aliphatic heterocycles. The Morgan fingerprint density at radius 3 is 2.68 bits per heavy atom. The molecule has 0 spiro atoms. The molecule has 1 amide bonds. The van der Waals surface area contributed by atoms with Crippen molar-refractivity contribution in [2.24, 2.45) is 5.92 Å². The van der Waals surface area contributed by atoms with Crippen LogP contribution in [0.25, 0.3) is 0 Å². The first-order valence-corrected chi connectivity index (χ1v) is 6.78. The van der Waals surface area contributed by atoms with Crippen molar-refractivity contribution < 1.29 is 24.4 Å². The Balaban J connectivity index is 2.15. The third-order valence-corrected chi connectivity index (χ3v) is 3.76. The predicted molar refractivity (Wildman–Crippen MR) is 75.9 cm³/mol. The number of aliphatic carboxylic acids is 1. The van der Waals surface area contributed by atoms with Gasteiger partial charge >= 0.3 is 5.97 Å². The standard InChI is InChI=1S/C14H16N2O6/c1-22-10-4-5-12(16(20)21)11(7-10)13(17)15-9-3-2-8(6-9)14(18)19/h4-5,7-9H,2-3,6H2,1H3,(H,15,17)(H,18,19)/t8-,9+/m1/s1. The highest BCUT2D eigenvalue weighted by Crippen LogP contribution is 2.28. The zero-order valence-electron chi connectivity index (χ0n) is 11.9. The van der Waals surface area contributed by atoms with Crippen molar-refractivity contribution in [1.29, 1.82) is 0 Å². The summed E-state index contributed by atoms with van der Waals surface area (Å²) in [6.45, 7) is 0. The van der Waals surface area contributed by atoms with Crippen LogP contribution >= 0.6 is 0 Å². The van der Waals surface area contributed by atoms with Gasteiger partial charge in [-0.15, -0.1) is 0 Å². The molecule has 0 unspecified atom stereocenters. The van der Waals surface area contributed by atoms with E-state index in [2.05, 4.69) is 5.32 Å². The van der Waals surface area contributed by atoms with Crippen LogP contribution in [-0.4, -0.2) is 35.1 Å². The van der Waals surface area contributed by atoms with Gasteiger partial charge in [0.2, 0.25) is 0 Å². The van der Waals surface area contributed by atoms with E-state index in [1.54, 1.807) is 0 Å². The predicted octanol–water partition coefficient (Wildman–Crippen LogP) is 1.59. The molecular weight excluding hydrogens is 292 g/mol. The second kappa shape index (κ2) is 6.42. The molecule has 0 bridgehead atoms. The number of rotatable bonds is 5. The molecule has 0 aromatic heterocycles. The molecule has 0 saturated heterocycles. The smallest absolute Gasteiger partial charge is 0.306 e. The molecule has 118 valence electrons. The normalized spacial score (nSPS) is 20.4. The van der Waals surface area contributed by atoms with Crippen molar-refractivity contribution in [3.8, 4) is 5.75 Å². The second-order valence-corrected chi connectivity index (χ2v) is 5.16. The first kappa shape index (κ1) is 15.7. The number of benzene rings is 1. The summed E-state index contributed by atoms with van der Waals surface area (Å²) >= 11 is 0. The lowest BCUT2D eigenvalue weighted by atomic mass is 10.1. The number of nitrogens with one attached hydrogen (secondary N) is 1. The van der Waals surface area contributed by atoms with E-state index < -0.39 is 22.7 Å². The summed E-state index contributed by atoms with van der Waals surface area (Å²) in [5.41, 5.74) is -0.408. The van der Waals surface area contributed by atoms with Crippen molar-refractivity contribution in [2.45, 2.75) is 25.3 Å². The number of nitro benzene ring substituents is 1. The van der Waals surface area contributed by atoms with Gasteiger partial charge < -0.3 is 15.2 Å². The number of amides is 1. The molecular formula is C14H16N2O6. The summed E-state index contributed by atoms with van der Waals surface area (Å²) in [4.78, 5) is 33.5. The molecule has 8 nitrogen and oxygen atoms in total.